The second-order valence-corrected chi connectivity index (χ2v) is 6.54. The lowest BCUT2D eigenvalue weighted by atomic mass is 10.1. The normalized spacial score (nSPS) is 15.5. The van der Waals surface area contributed by atoms with Gasteiger partial charge in [0.05, 0.1) is 12.8 Å². The molecule has 0 saturated heterocycles. The molecule has 0 heterocycles. The summed E-state index contributed by atoms with van der Waals surface area (Å²) in [5.74, 6) is 0.314. The summed E-state index contributed by atoms with van der Waals surface area (Å²) < 4.78 is 5.35. The smallest absolute Gasteiger partial charge is 0.240 e. The number of hydrogen-bond acceptors (Lipinski definition) is 3. The van der Waals surface area contributed by atoms with Crippen LogP contribution in [0.25, 0.3) is 0 Å². The molecule has 1 aliphatic rings. The molecule has 0 aromatic heterocycles. The molecule has 132 valence electrons. The number of methoxy groups -OCH3 is 1. The molecule has 1 fully saturated rings. The molecule has 0 spiro atoms. The standard InChI is InChI=1S/C19H28N2O3/c1-14-10-11-18(24-3)17(12-14)21(15(2)22)13-19(23)20-16-8-6-4-5-7-9-16/h10-12,16H,4-9,13H2,1-3H3,(H,20,23). The van der Waals surface area contributed by atoms with Gasteiger partial charge in [0, 0.05) is 13.0 Å². The molecule has 1 aromatic carbocycles. The first-order chi connectivity index (χ1) is 11.5. The lowest BCUT2D eigenvalue weighted by Gasteiger charge is -2.25. The Morgan fingerprint density at radius 3 is 2.46 bits per heavy atom. The van der Waals surface area contributed by atoms with E-state index in [1.807, 2.05) is 25.1 Å². The largest absolute Gasteiger partial charge is 0.495 e. The van der Waals surface area contributed by atoms with Crippen molar-refractivity contribution in [3.63, 3.8) is 0 Å². The van der Waals surface area contributed by atoms with Crippen molar-refractivity contribution in [3.8, 4) is 5.75 Å². The van der Waals surface area contributed by atoms with E-state index in [9.17, 15) is 9.59 Å². The maximum Gasteiger partial charge on any atom is 0.240 e. The Kier molecular flexibility index (Phi) is 6.64. The van der Waals surface area contributed by atoms with Crippen LogP contribution in [0.15, 0.2) is 18.2 Å². The highest BCUT2D eigenvalue weighted by Gasteiger charge is 2.21. The second kappa shape index (κ2) is 8.71. The van der Waals surface area contributed by atoms with Crippen molar-refractivity contribution in [2.24, 2.45) is 0 Å². The van der Waals surface area contributed by atoms with Crippen molar-refractivity contribution in [3.05, 3.63) is 23.8 Å². The van der Waals surface area contributed by atoms with Gasteiger partial charge in [-0.3, -0.25) is 14.5 Å². The predicted molar refractivity (Wildman–Crippen MR) is 95.4 cm³/mol. The zero-order chi connectivity index (χ0) is 17.5. The molecule has 2 rings (SSSR count). The maximum absolute atomic E-state index is 12.5. The third-order valence-corrected chi connectivity index (χ3v) is 4.53. The van der Waals surface area contributed by atoms with E-state index in [-0.39, 0.29) is 24.4 Å². The van der Waals surface area contributed by atoms with E-state index >= 15 is 0 Å². The number of rotatable bonds is 5. The first kappa shape index (κ1) is 18.3. The highest BCUT2D eigenvalue weighted by atomic mass is 16.5. The van der Waals surface area contributed by atoms with Gasteiger partial charge < -0.3 is 10.1 Å². The van der Waals surface area contributed by atoms with Crippen molar-refractivity contribution >= 4 is 17.5 Å². The Balaban J connectivity index is 2.09. The average Bonchev–Trinajstić information content (AvgIpc) is 2.81. The van der Waals surface area contributed by atoms with Gasteiger partial charge in [-0.1, -0.05) is 31.7 Å². The molecule has 1 aromatic rings. The molecule has 1 N–H and O–H groups in total. The van der Waals surface area contributed by atoms with Gasteiger partial charge >= 0.3 is 0 Å². The van der Waals surface area contributed by atoms with E-state index in [0.717, 1.165) is 31.2 Å². The third-order valence-electron chi connectivity index (χ3n) is 4.53. The molecule has 0 unspecified atom stereocenters. The summed E-state index contributed by atoms with van der Waals surface area (Å²) in [5.41, 5.74) is 1.65. The van der Waals surface area contributed by atoms with Crippen LogP contribution >= 0.6 is 0 Å². The Morgan fingerprint density at radius 2 is 1.88 bits per heavy atom. The fraction of sp³-hybridized carbons (Fsp3) is 0.579. The third kappa shape index (κ3) is 4.98. The van der Waals surface area contributed by atoms with Crippen LogP contribution in [0.2, 0.25) is 0 Å². The number of carbonyl (C=O) groups is 2. The first-order valence-electron chi connectivity index (χ1n) is 8.73. The van der Waals surface area contributed by atoms with Crippen molar-refractivity contribution in [1.82, 2.24) is 5.32 Å². The van der Waals surface area contributed by atoms with Gasteiger partial charge in [-0.2, -0.15) is 0 Å². The number of anilines is 1. The van der Waals surface area contributed by atoms with Gasteiger partial charge in [-0.05, 0) is 37.5 Å². The van der Waals surface area contributed by atoms with E-state index in [1.165, 1.54) is 24.7 Å². The van der Waals surface area contributed by atoms with Crippen molar-refractivity contribution in [2.45, 2.75) is 58.4 Å². The first-order valence-corrected chi connectivity index (χ1v) is 8.73. The average molecular weight is 332 g/mol. The molecular weight excluding hydrogens is 304 g/mol. The predicted octanol–water partition coefficient (Wildman–Crippen LogP) is 3.20. The topological polar surface area (TPSA) is 58.6 Å². The molecule has 5 heteroatoms. The zero-order valence-corrected chi connectivity index (χ0v) is 14.9. The van der Waals surface area contributed by atoms with Gasteiger partial charge in [-0.25, -0.2) is 0 Å². The van der Waals surface area contributed by atoms with Gasteiger partial charge in [0.2, 0.25) is 11.8 Å². The number of hydrogen-bond donors (Lipinski definition) is 1. The van der Waals surface area contributed by atoms with Gasteiger partial charge in [0.25, 0.3) is 0 Å². The van der Waals surface area contributed by atoms with Gasteiger partial charge in [-0.15, -0.1) is 0 Å². The fourth-order valence-electron chi connectivity index (χ4n) is 3.22. The molecule has 0 bridgehead atoms. The highest BCUT2D eigenvalue weighted by molar-refractivity contribution is 5.98. The van der Waals surface area contributed by atoms with Crippen LogP contribution in [0.5, 0.6) is 5.75 Å². The number of benzene rings is 1. The summed E-state index contributed by atoms with van der Waals surface area (Å²) in [6.07, 6.45) is 6.86. The molecular formula is C19H28N2O3. The van der Waals surface area contributed by atoms with Crippen LogP contribution < -0.4 is 15.0 Å². The molecule has 1 saturated carbocycles. The summed E-state index contributed by atoms with van der Waals surface area (Å²) in [4.78, 5) is 26.0. The van der Waals surface area contributed by atoms with E-state index in [2.05, 4.69) is 5.32 Å². The molecule has 1 aliphatic carbocycles. The second-order valence-electron chi connectivity index (χ2n) is 6.54. The van der Waals surface area contributed by atoms with Crippen molar-refractivity contribution < 1.29 is 14.3 Å². The summed E-state index contributed by atoms with van der Waals surface area (Å²) in [7, 11) is 1.57. The molecule has 24 heavy (non-hydrogen) atoms. The number of nitrogens with one attached hydrogen (secondary N) is 1. The number of nitrogens with zero attached hydrogens (tertiary/aromatic N) is 1. The maximum atomic E-state index is 12.5. The molecule has 0 atom stereocenters. The van der Waals surface area contributed by atoms with Crippen LogP contribution in [0.4, 0.5) is 5.69 Å². The Morgan fingerprint density at radius 1 is 1.21 bits per heavy atom. The number of ether oxygens (including phenoxy) is 1. The zero-order valence-electron chi connectivity index (χ0n) is 14.9. The summed E-state index contributed by atoms with van der Waals surface area (Å²) in [6.45, 7) is 3.44. The van der Waals surface area contributed by atoms with E-state index < -0.39 is 0 Å². The quantitative estimate of drug-likeness (QED) is 0.843. The van der Waals surface area contributed by atoms with E-state index in [1.54, 1.807) is 7.11 Å². The Labute approximate surface area is 144 Å². The number of carbonyl (C=O) groups excluding carboxylic acids is 2. The SMILES string of the molecule is COc1ccc(C)cc1N(CC(=O)NC1CCCCCC1)C(C)=O. The monoisotopic (exact) mass is 332 g/mol. The molecule has 0 radical (unpaired) electrons. The van der Waals surface area contributed by atoms with Gasteiger partial charge in [0.1, 0.15) is 12.3 Å². The minimum absolute atomic E-state index is 0.0195. The van der Waals surface area contributed by atoms with Crippen molar-refractivity contribution in [2.75, 3.05) is 18.6 Å². The van der Waals surface area contributed by atoms with E-state index in [4.69, 9.17) is 4.74 Å². The van der Waals surface area contributed by atoms with Crippen LogP contribution in [-0.2, 0) is 9.59 Å². The van der Waals surface area contributed by atoms with Crippen LogP contribution in [0, 0.1) is 6.92 Å². The molecule has 5 nitrogen and oxygen atoms in total. The lowest BCUT2D eigenvalue weighted by molar-refractivity contribution is -0.123. The minimum Gasteiger partial charge on any atom is -0.495 e. The van der Waals surface area contributed by atoms with Crippen molar-refractivity contribution in [1.29, 1.82) is 0 Å². The summed E-state index contributed by atoms with van der Waals surface area (Å²) in [5, 5.41) is 3.09. The summed E-state index contributed by atoms with van der Waals surface area (Å²) in [6, 6.07) is 5.85. The van der Waals surface area contributed by atoms with E-state index in [0.29, 0.717) is 11.4 Å². The Bertz CT molecular complexity index is 578. The molecule has 2 amide bonds. The van der Waals surface area contributed by atoms with Crippen LogP contribution in [-0.4, -0.2) is 31.5 Å². The number of aryl methyl sites for hydroxylation is 1. The van der Waals surface area contributed by atoms with Crippen LogP contribution in [0.3, 0.4) is 0 Å². The fourth-order valence-corrected chi connectivity index (χ4v) is 3.22. The minimum atomic E-state index is -0.171. The van der Waals surface area contributed by atoms with Gasteiger partial charge in [0.15, 0.2) is 0 Å². The van der Waals surface area contributed by atoms with Crippen LogP contribution in [0.1, 0.15) is 51.0 Å². The summed E-state index contributed by atoms with van der Waals surface area (Å²) >= 11 is 0. The molecule has 0 aliphatic heterocycles. The Hall–Kier alpha value is -2.04. The highest BCUT2D eigenvalue weighted by Crippen LogP contribution is 2.29. The number of amides is 2. The lowest BCUT2D eigenvalue weighted by Crippen LogP contribution is -2.43.